The second kappa shape index (κ2) is 9.44. The fourth-order valence-electron chi connectivity index (χ4n) is 0.771. The third-order valence-corrected chi connectivity index (χ3v) is 1.32. The molecular weight excluding hydrogens is 222 g/mol. The number of carboxylic acids is 2. The number of amides is 1. The maximum absolute atomic E-state index is 10.5. The average molecular weight is 235 g/mol. The molecule has 0 radical (unpaired) electrons. The molecule has 1 atom stereocenters. The maximum atomic E-state index is 10.5. The van der Waals surface area contributed by atoms with Crippen LogP contribution in [0.1, 0.15) is 19.8 Å². The summed E-state index contributed by atoms with van der Waals surface area (Å²) >= 11 is 0. The summed E-state index contributed by atoms with van der Waals surface area (Å²) < 4.78 is 0. The van der Waals surface area contributed by atoms with Crippen molar-refractivity contribution in [1.29, 1.82) is 0 Å². The van der Waals surface area contributed by atoms with Gasteiger partial charge in [-0.15, -0.1) is 0 Å². The van der Waals surface area contributed by atoms with Crippen molar-refractivity contribution in [1.82, 2.24) is 5.32 Å². The normalized spacial score (nSPS) is 10.3. The van der Waals surface area contributed by atoms with Gasteiger partial charge in [0.25, 0.3) is 6.47 Å². The zero-order chi connectivity index (χ0) is 13.1. The molecule has 0 saturated carbocycles. The van der Waals surface area contributed by atoms with Crippen LogP contribution in [0.5, 0.6) is 0 Å². The quantitative estimate of drug-likeness (QED) is 0.454. The van der Waals surface area contributed by atoms with E-state index in [1.54, 1.807) is 0 Å². The van der Waals surface area contributed by atoms with Crippen LogP contribution in [0.15, 0.2) is 0 Å². The molecule has 0 heterocycles. The molecule has 0 spiro atoms. The van der Waals surface area contributed by atoms with Gasteiger partial charge in [-0.1, -0.05) is 0 Å². The summed E-state index contributed by atoms with van der Waals surface area (Å²) in [5, 5.41) is 25.8. The summed E-state index contributed by atoms with van der Waals surface area (Å²) in [6.45, 7) is 0.927. The Hall–Kier alpha value is -2.12. The largest absolute Gasteiger partial charge is 0.483 e. The van der Waals surface area contributed by atoms with Crippen LogP contribution in [-0.2, 0) is 19.2 Å². The van der Waals surface area contributed by atoms with Crippen molar-refractivity contribution in [2.24, 2.45) is 0 Å². The highest BCUT2D eigenvalue weighted by Crippen LogP contribution is 1.97. The van der Waals surface area contributed by atoms with Crippen molar-refractivity contribution in [3.63, 3.8) is 0 Å². The van der Waals surface area contributed by atoms with Crippen LogP contribution in [0, 0.1) is 0 Å². The van der Waals surface area contributed by atoms with Crippen LogP contribution in [0.25, 0.3) is 0 Å². The smallest absolute Gasteiger partial charge is 0.326 e. The molecule has 0 aromatic carbocycles. The second-order valence-electron chi connectivity index (χ2n) is 2.63. The number of carboxylic acid groups (broad SMARTS) is 3. The second-order valence-corrected chi connectivity index (χ2v) is 2.63. The van der Waals surface area contributed by atoms with E-state index in [2.05, 4.69) is 5.32 Å². The number of carbonyl (C=O) groups is 4. The van der Waals surface area contributed by atoms with E-state index in [9.17, 15) is 14.4 Å². The molecule has 16 heavy (non-hydrogen) atoms. The Kier molecular flexibility index (Phi) is 9.62. The van der Waals surface area contributed by atoms with Crippen LogP contribution >= 0.6 is 0 Å². The molecule has 0 aromatic heterocycles. The van der Waals surface area contributed by atoms with Crippen LogP contribution in [0.3, 0.4) is 0 Å². The zero-order valence-electron chi connectivity index (χ0n) is 8.54. The number of aliphatic carboxylic acids is 2. The van der Waals surface area contributed by atoms with Crippen molar-refractivity contribution < 1.29 is 34.5 Å². The molecule has 1 amide bonds. The van der Waals surface area contributed by atoms with Crippen LogP contribution < -0.4 is 5.32 Å². The van der Waals surface area contributed by atoms with Gasteiger partial charge in [0, 0.05) is 13.3 Å². The summed E-state index contributed by atoms with van der Waals surface area (Å²) in [5.41, 5.74) is 0. The third-order valence-electron chi connectivity index (χ3n) is 1.32. The lowest BCUT2D eigenvalue weighted by Gasteiger charge is -2.10. The lowest BCUT2D eigenvalue weighted by molar-refractivity contribution is -0.142. The first-order chi connectivity index (χ1) is 7.34. The van der Waals surface area contributed by atoms with Gasteiger partial charge in [-0.2, -0.15) is 0 Å². The molecule has 8 heteroatoms. The highest BCUT2D eigenvalue weighted by molar-refractivity contribution is 5.82. The zero-order valence-corrected chi connectivity index (χ0v) is 8.54. The van der Waals surface area contributed by atoms with Gasteiger partial charge < -0.3 is 20.6 Å². The molecule has 0 saturated heterocycles. The van der Waals surface area contributed by atoms with Crippen molar-refractivity contribution in [3.05, 3.63) is 0 Å². The third kappa shape index (κ3) is 11.9. The molecule has 4 N–H and O–H groups in total. The summed E-state index contributed by atoms with van der Waals surface area (Å²) in [6.07, 6.45) is -0.387. The summed E-state index contributed by atoms with van der Waals surface area (Å²) in [6, 6.07) is -1.12. The molecule has 0 rings (SSSR count). The number of hydrogen-bond donors (Lipinski definition) is 4. The minimum absolute atomic E-state index is 0.107. The fraction of sp³-hybridized carbons (Fsp3) is 0.500. The van der Waals surface area contributed by atoms with E-state index in [1.165, 1.54) is 6.92 Å². The van der Waals surface area contributed by atoms with Crippen LogP contribution in [-0.4, -0.2) is 45.7 Å². The van der Waals surface area contributed by atoms with Gasteiger partial charge in [0.05, 0.1) is 0 Å². The van der Waals surface area contributed by atoms with Gasteiger partial charge >= 0.3 is 11.9 Å². The van der Waals surface area contributed by atoms with Gasteiger partial charge in [0.1, 0.15) is 6.04 Å². The Morgan fingerprint density at radius 3 is 2.00 bits per heavy atom. The first kappa shape index (κ1) is 16.3. The molecule has 92 valence electrons. The maximum Gasteiger partial charge on any atom is 0.326 e. The predicted octanol–water partition coefficient (Wildman–Crippen LogP) is -0.859. The van der Waals surface area contributed by atoms with Crippen LogP contribution in [0.2, 0.25) is 0 Å². The van der Waals surface area contributed by atoms with Gasteiger partial charge in [0.2, 0.25) is 5.91 Å². The number of hydrogen-bond acceptors (Lipinski definition) is 4. The Morgan fingerprint density at radius 1 is 1.31 bits per heavy atom. The summed E-state index contributed by atoms with van der Waals surface area (Å²) in [4.78, 5) is 39.4. The van der Waals surface area contributed by atoms with E-state index >= 15 is 0 Å². The van der Waals surface area contributed by atoms with Gasteiger partial charge in [-0.3, -0.25) is 14.4 Å². The summed E-state index contributed by atoms with van der Waals surface area (Å²) in [7, 11) is 0. The number of carbonyl (C=O) groups excluding carboxylic acids is 1. The lowest BCUT2D eigenvalue weighted by Crippen LogP contribution is -2.39. The van der Waals surface area contributed by atoms with E-state index in [1.807, 2.05) is 0 Å². The van der Waals surface area contributed by atoms with E-state index in [-0.39, 0.29) is 19.3 Å². The van der Waals surface area contributed by atoms with Crippen molar-refractivity contribution in [2.75, 3.05) is 0 Å². The Morgan fingerprint density at radius 2 is 1.75 bits per heavy atom. The molecule has 0 aliphatic heterocycles. The van der Waals surface area contributed by atoms with E-state index in [0.29, 0.717) is 0 Å². The molecule has 0 aromatic rings. The highest BCUT2D eigenvalue weighted by atomic mass is 16.4. The first-order valence-corrected chi connectivity index (χ1v) is 4.14. The predicted molar refractivity (Wildman–Crippen MR) is 50.8 cm³/mol. The molecule has 0 aliphatic carbocycles. The molecule has 8 nitrogen and oxygen atoms in total. The molecule has 1 unspecified atom stereocenters. The fourth-order valence-corrected chi connectivity index (χ4v) is 0.771. The standard InChI is InChI=1S/C7H11NO5.CH2O2/c1-4(9)8-5(7(12)13)2-3-6(10)11;2-1-3/h5H,2-3H2,1H3,(H,8,9)(H,10,11)(H,12,13);1H,(H,2,3). The van der Waals surface area contributed by atoms with Gasteiger partial charge in [-0.25, -0.2) is 4.79 Å². The van der Waals surface area contributed by atoms with Crippen molar-refractivity contribution >= 4 is 24.3 Å². The van der Waals surface area contributed by atoms with E-state index in [4.69, 9.17) is 20.1 Å². The van der Waals surface area contributed by atoms with Gasteiger partial charge in [0.15, 0.2) is 0 Å². The molecule has 0 fully saturated rings. The molecule has 0 bridgehead atoms. The van der Waals surface area contributed by atoms with E-state index in [0.717, 1.165) is 0 Å². The Bertz CT molecular complexity index is 263. The van der Waals surface area contributed by atoms with Crippen molar-refractivity contribution in [3.8, 4) is 0 Å². The number of nitrogens with one attached hydrogen (secondary N) is 1. The highest BCUT2D eigenvalue weighted by Gasteiger charge is 2.18. The number of rotatable bonds is 5. The van der Waals surface area contributed by atoms with Crippen molar-refractivity contribution in [2.45, 2.75) is 25.8 Å². The monoisotopic (exact) mass is 235 g/mol. The van der Waals surface area contributed by atoms with Crippen LogP contribution in [0.4, 0.5) is 0 Å². The molecular formula is C8H13NO7. The molecule has 0 aliphatic rings. The van der Waals surface area contributed by atoms with E-state index < -0.39 is 23.9 Å². The van der Waals surface area contributed by atoms with Gasteiger partial charge in [-0.05, 0) is 6.42 Å². The minimum atomic E-state index is -1.23. The minimum Gasteiger partial charge on any atom is -0.483 e. The average Bonchev–Trinajstić information content (AvgIpc) is 2.12. The SMILES string of the molecule is CC(=O)NC(CCC(=O)O)C(=O)O.O=CO. The first-order valence-electron chi connectivity index (χ1n) is 4.14. The summed E-state index contributed by atoms with van der Waals surface area (Å²) in [5.74, 6) is -2.80. The Labute approximate surface area is 90.9 Å². The Balaban J connectivity index is 0. The lowest BCUT2D eigenvalue weighted by atomic mass is 10.1. The topological polar surface area (TPSA) is 141 Å².